The molecule has 2 aromatic carbocycles. The zero-order chi connectivity index (χ0) is 15.1. The molecule has 0 radical (unpaired) electrons. The molecule has 0 bridgehead atoms. The molecule has 0 aromatic heterocycles. The topological polar surface area (TPSA) is 26.3 Å². The van der Waals surface area contributed by atoms with Crippen LogP contribution < -0.4 is 4.74 Å². The van der Waals surface area contributed by atoms with Crippen LogP contribution >= 0.6 is 23.4 Å². The van der Waals surface area contributed by atoms with Crippen LogP contribution in [0, 0.1) is 0 Å². The molecule has 0 saturated carbocycles. The molecular formula is C17H17ClO2S. The van der Waals surface area contributed by atoms with Gasteiger partial charge in [-0.05, 0) is 29.8 Å². The van der Waals surface area contributed by atoms with E-state index in [4.69, 9.17) is 16.3 Å². The fourth-order valence-electron chi connectivity index (χ4n) is 1.78. The van der Waals surface area contributed by atoms with E-state index in [1.807, 2.05) is 25.1 Å². The number of hydrogen-bond donors (Lipinski definition) is 0. The Bertz CT molecular complexity index is 569. The van der Waals surface area contributed by atoms with Crippen LogP contribution in [0.25, 0.3) is 0 Å². The summed E-state index contributed by atoms with van der Waals surface area (Å²) in [6.07, 6.45) is 0.389. The van der Waals surface area contributed by atoms with E-state index in [9.17, 15) is 4.79 Å². The lowest BCUT2D eigenvalue weighted by atomic mass is 10.2. The van der Waals surface area contributed by atoms with E-state index in [1.165, 1.54) is 5.56 Å². The fraction of sp³-hybridized carbons (Fsp3) is 0.235. The lowest BCUT2D eigenvalue weighted by molar-refractivity contribution is -0.134. The highest BCUT2D eigenvalue weighted by Gasteiger charge is 2.12. The second kappa shape index (κ2) is 8.11. The number of carbonyl (C=O) groups is 1. The molecule has 0 spiro atoms. The van der Waals surface area contributed by atoms with Crippen LogP contribution in [0.1, 0.15) is 18.9 Å². The van der Waals surface area contributed by atoms with Crippen LogP contribution in [0.2, 0.25) is 5.02 Å². The van der Waals surface area contributed by atoms with E-state index >= 15 is 0 Å². The van der Waals surface area contributed by atoms with Gasteiger partial charge in [-0.15, -0.1) is 0 Å². The van der Waals surface area contributed by atoms with Gasteiger partial charge in [0, 0.05) is 16.0 Å². The largest absolute Gasteiger partial charge is 0.426 e. The molecule has 0 fully saturated rings. The molecule has 2 aromatic rings. The van der Waals surface area contributed by atoms with Crippen molar-refractivity contribution < 1.29 is 9.53 Å². The maximum atomic E-state index is 11.9. The quantitative estimate of drug-likeness (QED) is 0.556. The molecule has 0 N–H and O–H groups in total. The van der Waals surface area contributed by atoms with Crippen LogP contribution in [0.15, 0.2) is 54.6 Å². The predicted octanol–water partition coefficient (Wildman–Crippen LogP) is 4.96. The minimum Gasteiger partial charge on any atom is -0.426 e. The van der Waals surface area contributed by atoms with Crippen LogP contribution in [0.4, 0.5) is 0 Å². The smallest absolute Gasteiger partial charge is 0.312 e. The van der Waals surface area contributed by atoms with Crippen LogP contribution in [-0.4, -0.2) is 11.2 Å². The van der Waals surface area contributed by atoms with Gasteiger partial charge in [0.2, 0.25) is 0 Å². The third kappa shape index (κ3) is 5.82. The Labute approximate surface area is 134 Å². The Hall–Kier alpha value is -1.45. The number of halogens is 1. The van der Waals surface area contributed by atoms with Crippen LogP contribution in [0.3, 0.4) is 0 Å². The van der Waals surface area contributed by atoms with Crippen molar-refractivity contribution in [1.82, 2.24) is 0 Å². The summed E-state index contributed by atoms with van der Waals surface area (Å²) in [7, 11) is 0. The summed E-state index contributed by atoms with van der Waals surface area (Å²) in [5, 5.41) is 0.839. The number of esters is 1. The average Bonchev–Trinajstić information content (AvgIpc) is 2.48. The summed E-state index contributed by atoms with van der Waals surface area (Å²) in [6.45, 7) is 2.04. The van der Waals surface area contributed by atoms with Gasteiger partial charge in [-0.25, -0.2) is 0 Å². The molecule has 4 heteroatoms. The number of hydrogen-bond acceptors (Lipinski definition) is 3. The fourth-order valence-corrected chi connectivity index (χ4v) is 2.83. The average molecular weight is 321 g/mol. The summed E-state index contributed by atoms with van der Waals surface area (Å²) in [4.78, 5) is 11.9. The molecular weight excluding hydrogens is 304 g/mol. The van der Waals surface area contributed by atoms with Crippen molar-refractivity contribution in [2.45, 2.75) is 24.3 Å². The van der Waals surface area contributed by atoms with Crippen molar-refractivity contribution in [3.05, 3.63) is 65.2 Å². The summed E-state index contributed by atoms with van der Waals surface area (Å²) in [5.41, 5.74) is 1.26. The van der Waals surface area contributed by atoms with Crippen molar-refractivity contribution >= 4 is 29.3 Å². The Morgan fingerprint density at radius 3 is 2.48 bits per heavy atom. The van der Waals surface area contributed by atoms with Gasteiger partial charge in [0.25, 0.3) is 0 Å². The molecule has 2 nitrogen and oxygen atoms in total. The van der Waals surface area contributed by atoms with Gasteiger partial charge in [0.05, 0.1) is 6.42 Å². The van der Waals surface area contributed by atoms with E-state index < -0.39 is 0 Å². The molecule has 21 heavy (non-hydrogen) atoms. The van der Waals surface area contributed by atoms with Crippen molar-refractivity contribution in [3.63, 3.8) is 0 Å². The second-order valence-corrected chi connectivity index (χ2v) is 6.60. The van der Waals surface area contributed by atoms with E-state index in [0.717, 1.165) is 5.75 Å². The first-order chi connectivity index (χ1) is 10.1. The molecule has 2 rings (SSSR count). The first kappa shape index (κ1) is 15.9. The summed E-state index contributed by atoms with van der Waals surface area (Å²) in [5.74, 6) is 1.21. The molecule has 0 aliphatic heterocycles. The van der Waals surface area contributed by atoms with Gasteiger partial charge in [0.1, 0.15) is 5.75 Å². The van der Waals surface area contributed by atoms with Crippen LogP contribution in [0.5, 0.6) is 5.75 Å². The minimum atomic E-state index is -0.217. The summed E-state index contributed by atoms with van der Waals surface area (Å²) < 4.78 is 5.28. The Balaban J connectivity index is 1.75. The molecule has 0 heterocycles. The third-order valence-corrected chi connectivity index (χ3v) is 4.36. The molecule has 1 atom stereocenters. The van der Waals surface area contributed by atoms with Crippen LogP contribution in [-0.2, 0) is 10.5 Å². The summed E-state index contributed by atoms with van der Waals surface area (Å²) >= 11 is 7.54. The van der Waals surface area contributed by atoms with Crippen molar-refractivity contribution in [2.24, 2.45) is 0 Å². The minimum absolute atomic E-state index is 0.213. The Morgan fingerprint density at radius 1 is 1.14 bits per heavy atom. The van der Waals surface area contributed by atoms with E-state index in [1.54, 1.807) is 36.0 Å². The first-order valence-electron chi connectivity index (χ1n) is 6.75. The zero-order valence-electron chi connectivity index (χ0n) is 11.8. The van der Waals surface area contributed by atoms with Gasteiger partial charge in [-0.3, -0.25) is 4.79 Å². The third-order valence-electron chi connectivity index (χ3n) is 2.88. The number of thioether (sulfide) groups is 1. The highest BCUT2D eigenvalue weighted by Crippen LogP contribution is 2.21. The Morgan fingerprint density at radius 2 is 1.81 bits per heavy atom. The molecule has 0 unspecified atom stereocenters. The molecule has 0 saturated heterocycles. The lowest BCUT2D eigenvalue weighted by Gasteiger charge is -2.11. The standard InChI is InChI=1S/C17H17ClO2S/c1-13(21-12-14-5-3-2-4-6-14)11-17(19)20-16-9-7-15(18)8-10-16/h2-10,13H,11-12H2,1H3/t13-/m0/s1. The molecule has 110 valence electrons. The lowest BCUT2D eigenvalue weighted by Crippen LogP contribution is -2.13. The van der Waals surface area contributed by atoms with Crippen molar-refractivity contribution in [1.29, 1.82) is 0 Å². The van der Waals surface area contributed by atoms with E-state index in [0.29, 0.717) is 17.2 Å². The van der Waals surface area contributed by atoms with Gasteiger partial charge in [-0.1, -0.05) is 48.9 Å². The number of carbonyl (C=O) groups excluding carboxylic acids is 1. The highest BCUT2D eigenvalue weighted by molar-refractivity contribution is 7.99. The first-order valence-corrected chi connectivity index (χ1v) is 8.18. The van der Waals surface area contributed by atoms with Crippen molar-refractivity contribution in [2.75, 3.05) is 0 Å². The van der Waals surface area contributed by atoms with Crippen molar-refractivity contribution in [3.8, 4) is 5.75 Å². The predicted molar refractivity (Wildman–Crippen MR) is 88.9 cm³/mol. The van der Waals surface area contributed by atoms with E-state index in [2.05, 4.69) is 12.1 Å². The number of ether oxygens (including phenoxy) is 1. The van der Waals surface area contributed by atoms with Gasteiger partial charge < -0.3 is 4.74 Å². The SMILES string of the molecule is C[C@@H](CC(=O)Oc1ccc(Cl)cc1)SCc1ccccc1. The monoisotopic (exact) mass is 320 g/mol. The highest BCUT2D eigenvalue weighted by atomic mass is 35.5. The van der Waals surface area contributed by atoms with Gasteiger partial charge >= 0.3 is 5.97 Å². The van der Waals surface area contributed by atoms with Gasteiger partial charge in [-0.2, -0.15) is 11.8 Å². The Kier molecular flexibility index (Phi) is 6.15. The summed E-state index contributed by atoms with van der Waals surface area (Å²) in [6, 6.07) is 17.0. The van der Waals surface area contributed by atoms with E-state index in [-0.39, 0.29) is 11.2 Å². The maximum absolute atomic E-state index is 11.9. The molecule has 0 aliphatic carbocycles. The normalized spacial score (nSPS) is 11.9. The molecule has 0 aliphatic rings. The second-order valence-electron chi connectivity index (χ2n) is 4.74. The maximum Gasteiger partial charge on any atom is 0.312 e. The number of benzene rings is 2. The number of rotatable bonds is 6. The van der Waals surface area contributed by atoms with Gasteiger partial charge in [0.15, 0.2) is 0 Å². The molecule has 0 amide bonds. The zero-order valence-corrected chi connectivity index (χ0v) is 13.4.